The summed E-state index contributed by atoms with van der Waals surface area (Å²) < 4.78 is 13.9. The number of ether oxygens (including phenoxy) is 1. The second-order valence-corrected chi connectivity index (χ2v) is 7.08. The molecule has 1 aliphatic heterocycles. The zero-order valence-corrected chi connectivity index (χ0v) is 15.4. The molecule has 1 atom stereocenters. The lowest BCUT2D eigenvalue weighted by molar-refractivity contribution is 0.181. The highest BCUT2D eigenvalue weighted by Crippen LogP contribution is 2.23. The number of methoxy groups -OCH3 is 1. The highest BCUT2D eigenvalue weighted by atomic mass is 32.1. The largest absolute Gasteiger partial charge is 0.497 e. The molecule has 0 unspecified atom stereocenters. The summed E-state index contributed by atoms with van der Waals surface area (Å²) in [6, 6.07) is 15.3. The van der Waals surface area contributed by atoms with Crippen LogP contribution in [0.4, 0.5) is 5.69 Å². The lowest BCUT2D eigenvalue weighted by atomic mass is 10.1. The van der Waals surface area contributed by atoms with Crippen LogP contribution in [-0.4, -0.2) is 46.4 Å². The minimum Gasteiger partial charge on any atom is -0.497 e. The van der Waals surface area contributed by atoms with E-state index in [9.17, 15) is 0 Å². The molecule has 0 aliphatic carbocycles. The lowest BCUT2D eigenvalue weighted by Crippen LogP contribution is -2.51. The summed E-state index contributed by atoms with van der Waals surface area (Å²) in [4.78, 5) is 5.00. The van der Waals surface area contributed by atoms with E-state index in [4.69, 9.17) is 4.74 Å². The Labute approximate surface area is 152 Å². The quantitative estimate of drug-likeness (QED) is 0.718. The SMILES string of the molecule is COc1ccc(N2CCN(Cc3ccc4nsnc4c3)[C@@H](C)C2)cc1. The first-order valence-corrected chi connectivity index (χ1v) is 9.30. The third-order valence-corrected chi connectivity index (χ3v) is 5.46. The molecule has 0 bridgehead atoms. The van der Waals surface area contributed by atoms with Gasteiger partial charge < -0.3 is 9.64 Å². The molecule has 130 valence electrons. The van der Waals surface area contributed by atoms with Crippen molar-refractivity contribution in [3.63, 3.8) is 0 Å². The van der Waals surface area contributed by atoms with Crippen LogP contribution in [0.2, 0.25) is 0 Å². The van der Waals surface area contributed by atoms with Crippen LogP contribution >= 0.6 is 11.7 Å². The maximum Gasteiger partial charge on any atom is 0.119 e. The maximum atomic E-state index is 5.25. The van der Waals surface area contributed by atoms with Gasteiger partial charge in [-0.2, -0.15) is 8.75 Å². The van der Waals surface area contributed by atoms with E-state index >= 15 is 0 Å². The van der Waals surface area contributed by atoms with Gasteiger partial charge in [-0.15, -0.1) is 0 Å². The molecule has 0 radical (unpaired) electrons. The van der Waals surface area contributed by atoms with Gasteiger partial charge in [-0.1, -0.05) is 6.07 Å². The fourth-order valence-electron chi connectivity index (χ4n) is 3.42. The number of aromatic nitrogens is 2. The van der Waals surface area contributed by atoms with Crippen LogP contribution in [0.5, 0.6) is 5.75 Å². The molecular formula is C19H22N4OS. The first kappa shape index (κ1) is 16.3. The van der Waals surface area contributed by atoms with Crippen molar-refractivity contribution in [2.24, 2.45) is 0 Å². The van der Waals surface area contributed by atoms with Crippen molar-refractivity contribution in [2.45, 2.75) is 19.5 Å². The van der Waals surface area contributed by atoms with Gasteiger partial charge in [0.2, 0.25) is 0 Å². The van der Waals surface area contributed by atoms with Crippen molar-refractivity contribution in [1.82, 2.24) is 13.6 Å². The third-order valence-electron chi connectivity index (χ3n) is 4.91. The fourth-order valence-corrected chi connectivity index (χ4v) is 3.94. The van der Waals surface area contributed by atoms with Crippen molar-refractivity contribution in [1.29, 1.82) is 0 Å². The molecule has 1 aromatic heterocycles. The Morgan fingerprint density at radius 2 is 1.88 bits per heavy atom. The van der Waals surface area contributed by atoms with Crippen LogP contribution in [0.25, 0.3) is 11.0 Å². The van der Waals surface area contributed by atoms with E-state index in [0.29, 0.717) is 6.04 Å². The molecule has 5 nitrogen and oxygen atoms in total. The van der Waals surface area contributed by atoms with Crippen LogP contribution in [0, 0.1) is 0 Å². The number of nitrogens with zero attached hydrogens (tertiary/aromatic N) is 4. The summed E-state index contributed by atoms with van der Waals surface area (Å²) in [5.74, 6) is 0.905. The van der Waals surface area contributed by atoms with Gasteiger partial charge in [0.15, 0.2) is 0 Å². The first-order valence-electron chi connectivity index (χ1n) is 8.57. The normalized spacial score (nSPS) is 18.6. The van der Waals surface area contributed by atoms with Crippen LogP contribution in [-0.2, 0) is 6.54 Å². The van der Waals surface area contributed by atoms with Gasteiger partial charge >= 0.3 is 0 Å². The molecule has 1 fully saturated rings. The third kappa shape index (κ3) is 3.45. The number of benzene rings is 2. The van der Waals surface area contributed by atoms with Crippen LogP contribution in [0.15, 0.2) is 42.5 Å². The zero-order chi connectivity index (χ0) is 17.2. The maximum absolute atomic E-state index is 5.25. The predicted molar refractivity (Wildman–Crippen MR) is 102 cm³/mol. The Balaban J connectivity index is 1.42. The summed E-state index contributed by atoms with van der Waals surface area (Å²) in [5, 5.41) is 0. The van der Waals surface area contributed by atoms with Gasteiger partial charge in [-0.25, -0.2) is 0 Å². The van der Waals surface area contributed by atoms with Gasteiger partial charge in [0, 0.05) is 37.9 Å². The second-order valence-electron chi connectivity index (χ2n) is 6.55. The molecule has 6 heteroatoms. The number of rotatable bonds is 4. The van der Waals surface area contributed by atoms with Crippen LogP contribution in [0.3, 0.4) is 0 Å². The van der Waals surface area contributed by atoms with Crippen molar-refractivity contribution < 1.29 is 4.74 Å². The van der Waals surface area contributed by atoms with E-state index in [1.165, 1.54) is 23.0 Å². The van der Waals surface area contributed by atoms with E-state index in [-0.39, 0.29) is 0 Å². The molecule has 3 aromatic rings. The Morgan fingerprint density at radius 1 is 1.08 bits per heavy atom. The highest BCUT2D eigenvalue weighted by Gasteiger charge is 2.24. The average Bonchev–Trinajstić information content (AvgIpc) is 3.11. The molecule has 2 heterocycles. The monoisotopic (exact) mass is 354 g/mol. The zero-order valence-electron chi connectivity index (χ0n) is 14.6. The Hall–Kier alpha value is -2.18. The minimum absolute atomic E-state index is 0.500. The Kier molecular flexibility index (Phi) is 4.55. The molecule has 25 heavy (non-hydrogen) atoms. The summed E-state index contributed by atoms with van der Waals surface area (Å²) in [6.45, 7) is 6.40. The molecule has 2 aromatic carbocycles. The number of hydrogen-bond donors (Lipinski definition) is 0. The van der Waals surface area contributed by atoms with E-state index in [1.807, 2.05) is 12.1 Å². The molecule has 4 rings (SSSR count). The molecule has 0 N–H and O–H groups in total. The van der Waals surface area contributed by atoms with E-state index in [1.54, 1.807) is 7.11 Å². The summed E-state index contributed by atoms with van der Waals surface area (Å²) in [6.07, 6.45) is 0. The smallest absolute Gasteiger partial charge is 0.119 e. The van der Waals surface area contributed by atoms with Gasteiger partial charge in [0.25, 0.3) is 0 Å². The van der Waals surface area contributed by atoms with Crippen LogP contribution in [0.1, 0.15) is 12.5 Å². The molecule has 0 saturated carbocycles. The molecule has 0 spiro atoms. The number of hydrogen-bond acceptors (Lipinski definition) is 6. The number of piperazine rings is 1. The van der Waals surface area contributed by atoms with Crippen molar-refractivity contribution in [3.05, 3.63) is 48.0 Å². The van der Waals surface area contributed by atoms with Crippen LogP contribution < -0.4 is 9.64 Å². The molecule has 1 saturated heterocycles. The van der Waals surface area contributed by atoms with Gasteiger partial charge in [0.05, 0.1) is 18.8 Å². The Morgan fingerprint density at radius 3 is 2.64 bits per heavy atom. The summed E-state index contributed by atoms with van der Waals surface area (Å²) >= 11 is 1.28. The van der Waals surface area contributed by atoms with Crippen molar-refractivity contribution in [3.8, 4) is 5.75 Å². The molecular weight excluding hydrogens is 332 g/mol. The average molecular weight is 354 g/mol. The first-order chi connectivity index (χ1) is 12.2. The van der Waals surface area contributed by atoms with Gasteiger partial charge in [-0.05, 0) is 48.9 Å². The van der Waals surface area contributed by atoms with E-state index in [0.717, 1.165) is 43.0 Å². The molecule has 1 aliphatic rings. The van der Waals surface area contributed by atoms with Crippen molar-refractivity contribution >= 4 is 28.4 Å². The molecule has 0 amide bonds. The topological polar surface area (TPSA) is 41.5 Å². The lowest BCUT2D eigenvalue weighted by Gasteiger charge is -2.41. The minimum atomic E-state index is 0.500. The second kappa shape index (κ2) is 6.98. The van der Waals surface area contributed by atoms with E-state index in [2.05, 4.69) is 55.8 Å². The van der Waals surface area contributed by atoms with Crippen molar-refractivity contribution in [2.75, 3.05) is 31.6 Å². The standard InChI is InChI=1S/C19H22N4OS/c1-14-12-23(16-4-6-17(24-2)7-5-16)10-9-22(14)13-15-3-8-18-19(11-15)21-25-20-18/h3-8,11,14H,9-10,12-13H2,1-2H3/t14-/m0/s1. The summed E-state index contributed by atoms with van der Waals surface area (Å²) in [5.41, 5.74) is 4.57. The number of anilines is 1. The Bertz CT molecular complexity index is 848. The highest BCUT2D eigenvalue weighted by molar-refractivity contribution is 7.00. The van der Waals surface area contributed by atoms with Gasteiger partial charge in [-0.3, -0.25) is 4.90 Å². The fraction of sp³-hybridized carbons (Fsp3) is 0.368. The van der Waals surface area contributed by atoms with E-state index < -0.39 is 0 Å². The number of fused-ring (bicyclic) bond motifs is 1. The predicted octanol–water partition coefficient (Wildman–Crippen LogP) is 3.41. The van der Waals surface area contributed by atoms with Gasteiger partial charge in [0.1, 0.15) is 16.8 Å². The summed E-state index contributed by atoms with van der Waals surface area (Å²) in [7, 11) is 1.70.